The van der Waals surface area contributed by atoms with Crippen molar-refractivity contribution in [2.75, 3.05) is 5.32 Å². The van der Waals surface area contributed by atoms with E-state index < -0.39 is 10.0 Å². The fourth-order valence-electron chi connectivity index (χ4n) is 9.75. The lowest BCUT2D eigenvalue weighted by molar-refractivity contribution is -0.174. The molecular formula is C30H45BrN2O5S. The number of amides is 1. The first-order valence-corrected chi connectivity index (χ1v) is 17.1. The Morgan fingerprint density at radius 2 is 1.87 bits per heavy atom. The largest absolute Gasteiger partial charge is 0.393 e. The summed E-state index contributed by atoms with van der Waals surface area (Å²) in [6.45, 7) is 7.02. The Balaban J connectivity index is 1.23. The fourth-order valence-corrected chi connectivity index (χ4v) is 11.4. The summed E-state index contributed by atoms with van der Waals surface area (Å²) in [6.07, 6.45) is 9.07. The number of primary sulfonamides is 1. The van der Waals surface area contributed by atoms with E-state index in [4.69, 9.17) is 5.14 Å². The molecule has 1 amide bonds. The number of aliphatic hydroxyl groups is 2. The fraction of sp³-hybridized carbons (Fsp3) is 0.767. The molecular weight excluding hydrogens is 580 g/mol. The van der Waals surface area contributed by atoms with Crippen LogP contribution in [0.2, 0.25) is 0 Å². The van der Waals surface area contributed by atoms with Gasteiger partial charge in [0, 0.05) is 16.6 Å². The Labute approximate surface area is 241 Å². The molecule has 0 bridgehead atoms. The van der Waals surface area contributed by atoms with E-state index in [-0.39, 0.29) is 33.8 Å². The highest BCUT2D eigenvalue weighted by molar-refractivity contribution is 9.10. The molecule has 4 saturated carbocycles. The minimum Gasteiger partial charge on any atom is -0.393 e. The summed E-state index contributed by atoms with van der Waals surface area (Å²) in [6, 6.07) is 4.49. The van der Waals surface area contributed by atoms with Crippen LogP contribution in [-0.2, 0) is 14.8 Å². The molecule has 4 aliphatic carbocycles. The molecule has 4 aliphatic rings. The Morgan fingerprint density at radius 1 is 1.13 bits per heavy atom. The summed E-state index contributed by atoms with van der Waals surface area (Å²) >= 11 is 3.23. The molecule has 10 atom stereocenters. The molecule has 0 spiro atoms. The van der Waals surface area contributed by atoms with E-state index in [0.717, 1.165) is 44.9 Å². The number of nitrogens with one attached hydrogen (secondary N) is 1. The molecule has 9 heteroatoms. The van der Waals surface area contributed by atoms with Crippen molar-refractivity contribution in [1.82, 2.24) is 0 Å². The molecule has 4 fully saturated rings. The van der Waals surface area contributed by atoms with Crippen molar-refractivity contribution < 1.29 is 23.4 Å². The van der Waals surface area contributed by atoms with Gasteiger partial charge in [-0.15, -0.1) is 0 Å². The van der Waals surface area contributed by atoms with E-state index in [0.29, 0.717) is 52.1 Å². The number of benzene rings is 1. The normalized spacial score (nSPS) is 40.7. The third-order valence-corrected chi connectivity index (χ3v) is 13.7. The molecule has 5 N–H and O–H groups in total. The van der Waals surface area contributed by atoms with E-state index in [2.05, 4.69) is 42.0 Å². The average molecular weight is 626 g/mol. The van der Waals surface area contributed by atoms with Crippen LogP contribution in [0.5, 0.6) is 0 Å². The highest BCUT2D eigenvalue weighted by atomic mass is 79.9. The van der Waals surface area contributed by atoms with Gasteiger partial charge in [0.1, 0.15) is 0 Å². The Bertz CT molecular complexity index is 1210. The standard InChI is InChI=1S/C30H45BrN2O5S/c1-17(4-11-28(36)33-19-6-10-26(25(31)15-19)39(32,37)38)22-8-9-23-21-7-5-18-14-20(34)12-13-29(18,2)24(21)16-27(35)30(22,23)3/h6,10,15,17-18,20-24,27,34-35H,4-5,7-9,11-14,16H2,1-3H3,(H,33,36)(H2,32,37,38)/t17-,18-,20-,21+,22-,23+,24+,27+,29+,30-/m1/s1. The van der Waals surface area contributed by atoms with E-state index in [1.807, 2.05) is 0 Å². The van der Waals surface area contributed by atoms with E-state index in [1.54, 1.807) is 12.1 Å². The Hall–Kier alpha value is -1.00. The molecule has 0 radical (unpaired) electrons. The maximum Gasteiger partial charge on any atom is 0.239 e. The van der Waals surface area contributed by atoms with Gasteiger partial charge in [-0.2, -0.15) is 0 Å². The Kier molecular flexibility index (Phi) is 8.08. The van der Waals surface area contributed by atoms with E-state index >= 15 is 0 Å². The molecule has 39 heavy (non-hydrogen) atoms. The molecule has 0 saturated heterocycles. The summed E-state index contributed by atoms with van der Waals surface area (Å²) in [7, 11) is -3.84. The quantitative estimate of drug-likeness (QED) is 0.335. The second-order valence-electron chi connectivity index (χ2n) is 13.6. The van der Waals surface area contributed by atoms with Crippen LogP contribution in [0.3, 0.4) is 0 Å². The van der Waals surface area contributed by atoms with Crippen LogP contribution in [-0.4, -0.2) is 36.7 Å². The summed E-state index contributed by atoms with van der Waals surface area (Å²) in [5.74, 6) is 2.87. The van der Waals surface area contributed by atoms with Gasteiger partial charge in [0.05, 0.1) is 17.1 Å². The maximum absolute atomic E-state index is 12.8. The van der Waals surface area contributed by atoms with Gasteiger partial charge in [0.15, 0.2) is 0 Å². The molecule has 0 aliphatic heterocycles. The number of carbonyl (C=O) groups is 1. The number of carbonyl (C=O) groups excluding carboxylic acids is 1. The number of anilines is 1. The van der Waals surface area contributed by atoms with Crippen molar-refractivity contribution in [3.8, 4) is 0 Å². The van der Waals surface area contributed by atoms with Crippen molar-refractivity contribution in [2.45, 2.75) is 102 Å². The zero-order chi connectivity index (χ0) is 28.3. The van der Waals surface area contributed by atoms with Crippen molar-refractivity contribution in [2.24, 2.45) is 51.5 Å². The van der Waals surface area contributed by atoms with Crippen LogP contribution in [0.1, 0.15) is 85.0 Å². The van der Waals surface area contributed by atoms with Crippen molar-refractivity contribution in [1.29, 1.82) is 0 Å². The predicted octanol–water partition coefficient (Wildman–Crippen LogP) is 5.44. The molecule has 0 heterocycles. The number of rotatable bonds is 6. The van der Waals surface area contributed by atoms with E-state index in [1.165, 1.54) is 18.9 Å². The summed E-state index contributed by atoms with van der Waals surface area (Å²) < 4.78 is 23.6. The van der Waals surface area contributed by atoms with E-state index in [9.17, 15) is 23.4 Å². The highest BCUT2D eigenvalue weighted by Crippen LogP contribution is 2.68. The maximum atomic E-state index is 12.8. The van der Waals surface area contributed by atoms with Gasteiger partial charge in [0.25, 0.3) is 0 Å². The second-order valence-corrected chi connectivity index (χ2v) is 16.0. The highest BCUT2D eigenvalue weighted by Gasteiger charge is 2.63. The minimum absolute atomic E-state index is 0.0185. The van der Waals surface area contributed by atoms with Crippen molar-refractivity contribution in [3.05, 3.63) is 22.7 Å². The minimum atomic E-state index is -3.84. The van der Waals surface area contributed by atoms with Crippen molar-refractivity contribution >= 4 is 37.5 Å². The third kappa shape index (κ3) is 5.24. The monoisotopic (exact) mass is 624 g/mol. The second kappa shape index (κ2) is 10.7. The molecule has 1 aromatic rings. The Morgan fingerprint density at radius 3 is 2.56 bits per heavy atom. The number of fused-ring (bicyclic) bond motifs is 5. The van der Waals surface area contributed by atoms with Crippen LogP contribution in [0.25, 0.3) is 0 Å². The first kappa shape index (κ1) is 29.5. The number of nitrogens with two attached hydrogens (primary N) is 1. The smallest absolute Gasteiger partial charge is 0.239 e. The summed E-state index contributed by atoms with van der Waals surface area (Å²) in [4.78, 5) is 12.8. The lowest BCUT2D eigenvalue weighted by Crippen LogP contribution is -2.58. The topological polar surface area (TPSA) is 130 Å². The first-order valence-electron chi connectivity index (χ1n) is 14.7. The first-order chi connectivity index (χ1) is 18.2. The van der Waals surface area contributed by atoms with Crippen LogP contribution < -0.4 is 10.5 Å². The van der Waals surface area contributed by atoms with Gasteiger partial charge < -0.3 is 15.5 Å². The van der Waals surface area contributed by atoms with Crippen LogP contribution in [0, 0.1) is 46.3 Å². The average Bonchev–Trinajstić information content (AvgIpc) is 3.22. The van der Waals surface area contributed by atoms with Crippen LogP contribution >= 0.6 is 15.9 Å². The molecule has 0 aromatic heterocycles. The zero-order valence-electron chi connectivity index (χ0n) is 23.4. The number of halogens is 1. The number of aliphatic hydroxyl groups excluding tert-OH is 2. The molecule has 5 rings (SSSR count). The number of hydrogen-bond donors (Lipinski definition) is 4. The van der Waals surface area contributed by atoms with Gasteiger partial charge >= 0.3 is 0 Å². The molecule has 0 unspecified atom stereocenters. The van der Waals surface area contributed by atoms with Gasteiger partial charge in [-0.05, 0) is 138 Å². The predicted molar refractivity (Wildman–Crippen MR) is 155 cm³/mol. The van der Waals surface area contributed by atoms with Gasteiger partial charge in [-0.25, -0.2) is 13.6 Å². The lowest BCUT2D eigenvalue weighted by atomic mass is 9.43. The van der Waals surface area contributed by atoms with Gasteiger partial charge in [0.2, 0.25) is 15.9 Å². The van der Waals surface area contributed by atoms with Crippen LogP contribution in [0.4, 0.5) is 5.69 Å². The third-order valence-electron chi connectivity index (χ3n) is 11.9. The molecule has 7 nitrogen and oxygen atoms in total. The number of sulfonamides is 1. The lowest BCUT2D eigenvalue weighted by Gasteiger charge is -2.62. The molecule has 218 valence electrons. The SMILES string of the molecule is C[C@H](CCC(=O)Nc1ccc(S(N)(=O)=O)c(Br)c1)[C@H]1CC[C@H]2[C@@H]3CC[C@@H]4C[C@H](O)CC[C@]4(C)[C@H]3C[C@H](O)[C@]12C. The zero-order valence-corrected chi connectivity index (χ0v) is 25.8. The number of hydrogen-bond acceptors (Lipinski definition) is 5. The van der Waals surface area contributed by atoms with Crippen LogP contribution in [0.15, 0.2) is 27.6 Å². The summed E-state index contributed by atoms with van der Waals surface area (Å²) in [5, 5.41) is 30.2. The molecule has 1 aromatic carbocycles. The van der Waals surface area contributed by atoms with Gasteiger partial charge in [-0.3, -0.25) is 4.79 Å². The summed E-state index contributed by atoms with van der Waals surface area (Å²) in [5.41, 5.74) is 0.629. The van der Waals surface area contributed by atoms with Gasteiger partial charge in [-0.1, -0.05) is 20.8 Å². The van der Waals surface area contributed by atoms with Crippen molar-refractivity contribution in [3.63, 3.8) is 0 Å².